The number of ether oxygens (including phenoxy) is 2. The maximum atomic E-state index is 14.0. The van der Waals surface area contributed by atoms with Gasteiger partial charge >= 0.3 is 0 Å². The van der Waals surface area contributed by atoms with Crippen LogP contribution in [0, 0.1) is 30.6 Å². The lowest BCUT2D eigenvalue weighted by atomic mass is 9.50. The third kappa shape index (κ3) is 5.06. The Labute approximate surface area is 267 Å². The third-order valence-electron chi connectivity index (χ3n) is 10.8. The van der Waals surface area contributed by atoms with Crippen molar-refractivity contribution < 1.29 is 19.4 Å². The van der Waals surface area contributed by atoms with Crippen molar-refractivity contribution in [1.29, 1.82) is 0 Å². The van der Waals surface area contributed by atoms with Gasteiger partial charge in [0.2, 0.25) is 0 Å². The average Bonchev–Trinajstić information content (AvgIpc) is 3.38. The highest BCUT2D eigenvalue weighted by molar-refractivity contribution is 5.94. The molecule has 0 unspecified atom stereocenters. The summed E-state index contributed by atoms with van der Waals surface area (Å²) in [5.41, 5.74) is 5.18. The number of benzene rings is 3. The quantitative estimate of drug-likeness (QED) is 0.341. The molecule has 1 saturated carbocycles. The maximum absolute atomic E-state index is 14.0. The molecule has 4 aliphatic rings. The standard InChI is InChI=1S/C39H44N2O4/c1-25(2)24-41(35(43)16-13-28-12-8-9-26(3)21-28)31-15-14-30-32-22-29-33(42)23-34(44-4)37-36(29)39(30,38(31)45-37)18-20-40(32)19-17-27-10-6-5-7-11-27/h5-12,21,23,25,30-32,38,42H,14-15,17-20,22,24H2,1-4H3/t30-,31-,32+,38-,39-/m0/s1. The Morgan fingerprint density at radius 2 is 1.98 bits per heavy atom. The number of hydrogen-bond donors (Lipinski definition) is 1. The number of phenolic OH excluding ortho intramolecular Hbond substituents is 1. The van der Waals surface area contributed by atoms with Gasteiger partial charge in [0.1, 0.15) is 11.9 Å². The minimum Gasteiger partial charge on any atom is -0.508 e. The fourth-order valence-electron chi connectivity index (χ4n) is 9.00. The highest BCUT2D eigenvalue weighted by atomic mass is 16.5. The number of amides is 1. The average molecular weight is 605 g/mol. The second-order valence-electron chi connectivity index (χ2n) is 13.9. The normalized spacial score (nSPS) is 26.0. The number of aromatic hydroxyl groups is 1. The maximum Gasteiger partial charge on any atom is 0.299 e. The van der Waals surface area contributed by atoms with Crippen LogP contribution in [0.15, 0.2) is 60.7 Å². The summed E-state index contributed by atoms with van der Waals surface area (Å²) in [4.78, 5) is 18.7. The van der Waals surface area contributed by atoms with Gasteiger partial charge in [-0.05, 0) is 80.7 Å². The van der Waals surface area contributed by atoms with Crippen molar-refractivity contribution in [2.75, 3.05) is 26.7 Å². The largest absolute Gasteiger partial charge is 0.508 e. The number of piperidine rings is 1. The van der Waals surface area contributed by atoms with Crippen LogP contribution in [0.5, 0.6) is 17.2 Å². The van der Waals surface area contributed by atoms with E-state index in [-0.39, 0.29) is 29.4 Å². The fraction of sp³-hybridized carbons (Fsp3) is 0.462. The Hall–Kier alpha value is -3.95. The molecule has 2 heterocycles. The first-order chi connectivity index (χ1) is 21.8. The van der Waals surface area contributed by atoms with E-state index in [1.165, 1.54) is 5.56 Å². The molecule has 1 spiro atoms. The molecule has 6 heteroatoms. The second kappa shape index (κ2) is 11.8. The van der Waals surface area contributed by atoms with E-state index in [4.69, 9.17) is 9.47 Å². The van der Waals surface area contributed by atoms with Crippen LogP contribution in [0.4, 0.5) is 0 Å². The summed E-state index contributed by atoms with van der Waals surface area (Å²) >= 11 is 0. The minimum atomic E-state index is -0.286. The van der Waals surface area contributed by atoms with Crippen LogP contribution < -0.4 is 9.47 Å². The lowest BCUT2D eigenvalue weighted by Gasteiger charge is -2.60. The molecule has 0 aromatic heterocycles. The molecule has 7 rings (SSSR count). The molecule has 1 saturated heterocycles. The van der Waals surface area contributed by atoms with Crippen molar-refractivity contribution in [3.05, 3.63) is 88.5 Å². The van der Waals surface area contributed by atoms with E-state index in [9.17, 15) is 9.90 Å². The van der Waals surface area contributed by atoms with E-state index in [0.717, 1.165) is 73.2 Å². The summed E-state index contributed by atoms with van der Waals surface area (Å²) in [5.74, 6) is 8.30. The van der Waals surface area contributed by atoms with Crippen LogP contribution >= 0.6 is 0 Å². The van der Waals surface area contributed by atoms with Crippen LogP contribution in [0.3, 0.4) is 0 Å². The molecule has 1 amide bonds. The monoisotopic (exact) mass is 604 g/mol. The Morgan fingerprint density at radius 3 is 2.73 bits per heavy atom. The lowest BCUT2D eigenvalue weighted by molar-refractivity contribution is -0.137. The third-order valence-corrected chi connectivity index (χ3v) is 10.8. The summed E-state index contributed by atoms with van der Waals surface area (Å²) < 4.78 is 12.8. The summed E-state index contributed by atoms with van der Waals surface area (Å²) in [6.07, 6.45) is 4.38. The summed E-state index contributed by atoms with van der Waals surface area (Å²) in [6, 6.07) is 20.6. The Kier molecular flexibility index (Phi) is 7.78. The SMILES string of the molecule is COc1cc(O)c2c3c1O[C@H]1[C@@H](N(CC(C)C)C(=O)C#Cc4cccc(C)c4)CC[C@H]4[C@@H](C2)N(CCc2ccccc2)CC[C@@]341. The second-order valence-corrected chi connectivity index (χ2v) is 13.9. The zero-order chi connectivity index (χ0) is 31.3. The molecule has 6 nitrogen and oxygen atoms in total. The molecule has 0 radical (unpaired) electrons. The van der Waals surface area contributed by atoms with Crippen LogP contribution in [-0.4, -0.2) is 65.7 Å². The molecule has 3 aromatic rings. The van der Waals surface area contributed by atoms with Crippen molar-refractivity contribution >= 4 is 5.91 Å². The highest BCUT2D eigenvalue weighted by Crippen LogP contribution is 2.65. The van der Waals surface area contributed by atoms with E-state index in [2.05, 4.69) is 60.9 Å². The van der Waals surface area contributed by atoms with E-state index in [1.807, 2.05) is 36.1 Å². The first kappa shape index (κ1) is 29.7. The van der Waals surface area contributed by atoms with Gasteiger partial charge in [0.25, 0.3) is 5.91 Å². The summed E-state index contributed by atoms with van der Waals surface area (Å²) in [6.45, 7) is 8.91. The smallest absolute Gasteiger partial charge is 0.299 e. The van der Waals surface area contributed by atoms with E-state index in [1.54, 1.807) is 13.2 Å². The molecule has 1 N–H and O–H groups in total. The van der Waals surface area contributed by atoms with Gasteiger partial charge in [-0.3, -0.25) is 9.69 Å². The van der Waals surface area contributed by atoms with Gasteiger partial charge in [-0.1, -0.05) is 62.2 Å². The van der Waals surface area contributed by atoms with Crippen LogP contribution in [-0.2, 0) is 23.1 Å². The zero-order valence-corrected chi connectivity index (χ0v) is 26.9. The number of rotatable bonds is 7. The molecule has 2 bridgehead atoms. The van der Waals surface area contributed by atoms with Gasteiger partial charge in [-0.15, -0.1) is 0 Å². The fourth-order valence-corrected chi connectivity index (χ4v) is 9.00. The van der Waals surface area contributed by atoms with Gasteiger partial charge in [0.05, 0.1) is 13.2 Å². The number of carbonyl (C=O) groups excluding carboxylic acids is 1. The van der Waals surface area contributed by atoms with Crippen molar-refractivity contribution in [1.82, 2.24) is 9.80 Å². The molecule has 5 atom stereocenters. The zero-order valence-electron chi connectivity index (χ0n) is 26.9. The number of likely N-dealkylation sites (tertiary alicyclic amines) is 1. The van der Waals surface area contributed by atoms with E-state index < -0.39 is 0 Å². The Balaban J connectivity index is 1.26. The minimum absolute atomic E-state index is 0.121. The van der Waals surface area contributed by atoms with Gasteiger partial charge < -0.3 is 19.5 Å². The van der Waals surface area contributed by atoms with Gasteiger partial charge in [-0.2, -0.15) is 0 Å². The van der Waals surface area contributed by atoms with Crippen LogP contribution in [0.2, 0.25) is 0 Å². The van der Waals surface area contributed by atoms with Gasteiger partial charge in [0.15, 0.2) is 11.5 Å². The van der Waals surface area contributed by atoms with Gasteiger partial charge in [0, 0.05) is 53.2 Å². The lowest BCUT2D eigenvalue weighted by Crippen LogP contribution is -2.69. The van der Waals surface area contributed by atoms with Crippen LogP contribution in [0.1, 0.15) is 60.9 Å². The number of methoxy groups -OCH3 is 1. The number of aryl methyl sites for hydroxylation is 1. The Bertz CT molecular complexity index is 1660. The molecule has 234 valence electrons. The van der Waals surface area contributed by atoms with Crippen molar-refractivity contribution in [3.8, 4) is 29.1 Å². The van der Waals surface area contributed by atoms with E-state index in [0.29, 0.717) is 30.0 Å². The molecule has 2 fully saturated rings. The number of carbonyl (C=O) groups is 1. The number of nitrogens with zero attached hydrogens (tertiary/aromatic N) is 2. The van der Waals surface area contributed by atoms with Crippen molar-refractivity contribution in [2.24, 2.45) is 11.8 Å². The van der Waals surface area contributed by atoms with Crippen molar-refractivity contribution in [3.63, 3.8) is 0 Å². The molecule has 45 heavy (non-hydrogen) atoms. The topological polar surface area (TPSA) is 62.2 Å². The molecule has 2 aliphatic heterocycles. The number of phenols is 1. The predicted molar refractivity (Wildman–Crippen MR) is 176 cm³/mol. The molecular formula is C39H44N2O4. The van der Waals surface area contributed by atoms with Crippen molar-refractivity contribution in [2.45, 2.75) is 76.5 Å². The van der Waals surface area contributed by atoms with Gasteiger partial charge in [-0.25, -0.2) is 0 Å². The predicted octanol–water partition coefficient (Wildman–Crippen LogP) is 5.90. The number of hydrogen-bond acceptors (Lipinski definition) is 5. The molecule has 2 aliphatic carbocycles. The summed E-state index contributed by atoms with van der Waals surface area (Å²) in [7, 11) is 1.64. The van der Waals surface area contributed by atoms with E-state index >= 15 is 0 Å². The molecule has 3 aromatic carbocycles. The first-order valence-electron chi connectivity index (χ1n) is 16.6. The molecular weight excluding hydrogens is 560 g/mol. The highest BCUT2D eigenvalue weighted by Gasteiger charge is 2.67. The first-order valence-corrected chi connectivity index (χ1v) is 16.6. The summed E-state index contributed by atoms with van der Waals surface area (Å²) in [5, 5.41) is 11.4. The van der Waals surface area contributed by atoms with Crippen LogP contribution in [0.25, 0.3) is 0 Å². The Morgan fingerprint density at radius 1 is 1.16 bits per heavy atom.